The van der Waals surface area contributed by atoms with Gasteiger partial charge in [-0.25, -0.2) is 0 Å². The molecule has 1 unspecified atom stereocenters. The van der Waals surface area contributed by atoms with Crippen LogP contribution in [0, 0.1) is 0 Å². The zero-order chi connectivity index (χ0) is 48.6. The van der Waals surface area contributed by atoms with E-state index in [4.69, 9.17) is 14.2 Å². The Morgan fingerprint density at radius 1 is 0.284 bits per heavy atom. The van der Waals surface area contributed by atoms with Gasteiger partial charge in [0.15, 0.2) is 6.10 Å². The van der Waals surface area contributed by atoms with Gasteiger partial charge in [-0.05, 0) is 44.9 Å². The minimum absolute atomic E-state index is 0.0673. The molecule has 0 aromatic heterocycles. The summed E-state index contributed by atoms with van der Waals surface area (Å²) in [6.45, 7) is 6.68. The van der Waals surface area contributed by atoms with Gasteiger partial charge in [0.25, 0.3) is 0 Å². The van der Waals surface area contributed by atoms with Crippen molar-refractivity contribution in [3.63, 3.8) is 0 Å². The maximum atomic E-state index is 12.8. The first-order valence-electron chi connectivity index (χ1n) is 30.2. The number of esters is 3. The number of unbranched alkanes of at least 4 members (excludes halogenated alkanes) is 43. The van der Waals surface area contributed by atoms with Gasteiger partial charge >= 0.3 is 17.9 Å². The van der Waals surface area contributed by atoms with E-state index in [0.717, 1.165) is 64.2 Å². The quantitative estimate of drug-likeness (QED) is 0.0262. The van der Waals surface area contributed by atoms with E-state index in [1.165, 1.54) is 238 Å². The summed E-state index contributed by atoms with van der Waals surface area (Å²) >= 11 is 0. The van der Waals surface area contributed by atoms with Gasteiger partial charge in [-0.3, -0.25) is 14.4 Å². The van der Waals surface area contributed by atoms with E-state index < -0.39 is 6.10 Å². The lowest BCUT2D eigenvalue weighted by Gasteiger charge is -2.18. The molecule has 0 radical (unpaired) electrons. The first kappa shape index (κ1) is 65.1. The van der Waals surface area contributed by atoms with Crippen molar-refractivity contribution in [1.82, 2.24) is 0 Å². The van der Waals surface area contributed by atoms with E-state index >= 15 is 0 Å². The maximum Gasteiger partial charge on any atom is 0.306 e. The fourth-order valence-electron chi connectivity index (χ4n) is 9.21. The van der Waals surface area contributed by atoms with Gasteiger partial charge in [0, 0.05) is 19.3 Å². The summed E-state index contributed by atoms with van der Waals surface area (Å²) in [6, 6.07) is 0. The third-order valence-electron chi connectivity index (χ3n) is 13.8. The highest BCUT2D eigenvalue weighted by Crippen LogP contribution is 2.18. The molecule has 0 bridgehead atoms. The van der Waals surface area contributed by atoms with Gasteiger partial charge in [0.05, 0.1) is 0 Å². The van der Waals surface area contributed by atoms with Crippen LogP contribution in [0.15, 0.2) is 12.2 Å². The first-order valence-corrected chi connectivity index (χ1v) is 30.2. The summed E-state index contributed by atoms with van der Waals surface area (Å²) in [7, 11) is 0. The fourth-order valence-corrected chi connectivity index (χ4v) is 9.21. The van der Waals surface area contributed by atoms with Gasteiger partial charge in [0.1, 0.15) is 13.2 Å². The van der Waals surface area contributed by atoms with Crippen LogP contribution in [-0.4, -0.2) is 37.2 Å². The van der Waals surface area contributed by atoms with E-state index in [9.17, 15) is 14.4 Å². The monoisotopic (exact) mass is 945 g/mol. The topological polar surface area (TPSA) is 78.9 Å². The van der Waals surface area contributed by atoms with Crippen LogP contribution in [0.2, 0.25) is 0 Å². The van der Waals surface area contributed by atoms with Crippen LogP contribution in [0.25, 0.3) is 0 Å². The van der Waals surface area contributed by atoms with Crippen molar-refractivity contribution < 1.29 is 28.6 Å². The Morgan fingerprint density at radius 3 is 0.746 bits per heavy atom. The maximum absolute atomic E-state index is 12.8. The van der Waals surface area contributed by atoms with E-state index in [1.807, 2.05) is 0 Å². The predicted octanol–water partition coefficient (Wildman–Crippen LogP) is 20.1. The van der Waals surface area contributed by atoms with Gasteiger partial charge in [-0.2, -0.15) is 0 Å². The number of ether oxygens (including phenoxy) is 3. The average Bonchev–Trinajstić information content (AvgIpc) is 3.33. The summed E-state index contributed by atoms with van der Waals surface area (Å²) in [5.41, 5.74) is 0. The van der Waals surface area contributed by atoms with Crippen molar-refractivity contribution in [2.45, 2.75) is 348 Å². The molecule has 67 heavy (non-hydrogen) atoms. The van der Waals surface area contributed by atoms with E-state index in [1.54, 1.807) is 0 Å². The summed E-state index contributed by atoms with van der Waals surface area (Å²) in [6.07, 6.45) is 65.0. The highest BCUT2D eigenvalue weighted by atomic mass is 16.6. The third kappa shape index (κ3) is 55.0. The molecular formula is C61H116O6. The second kappa shape index (κ2) is 56.7. The molecule has 6 nitrogen and oxygen atoms in total. The van der Waals surface area contributed by atoms with Crippen molar-refractivity contribution >= 4 is 17.9 Å². The molecule has 0 aromatic rings. The van der Waals surface area contributed by atoms with Crippen LogP contribution in [0.5, 0.6) is 0 Å². The van der Waals surface area contributed by atoms with Crippen LogP contribution in [0.1, 0.15) is 342 Å². The molecule has 6 heteroatoms. The highest BCUT2D eigenvalue weighted by Gasteiger charge is 2.19. The molecular weight excluding hydrogens is 829 g/mol. The Labute approximate surface area is 418 Å². The molecule has 0 heterocycles. The second-order valence-corrected chi connectivity index (χ2v) is 20.6. The molecule has 1 atom stereocenters. The third-order valence-corrected chi connectivity index (χ3v) is 13.8. The zero-order valence-corrected chi connectivity index (χ0v) is 45.5. The van der Waals surface area contributed by atoms with Crippen LogP contribution in [0.3, 0.4) is 0 Å². The summed E-state index contributed by atoms with van der Waals surface area (Å²) in [5.74, 6) is -0.850. The van der Waals surface area contributed by atoms with Crippen LogP contribution >= 0.6 is 0 Å². The summed E-state index contributed by atoms with van der Waals surface area (Å²) < 4.78 is 16.9. The molecule has 0 fully saturated rings. The SMILES string of the molecule is CCCCCCC/C=C\CCCCCCCC(=O)OC(COC(=O)CCCCCCCCCCCCCCC)COC(=O)CCCCCCCCCCCCCCCCCCCCCCCC. The largest absolute Gasteiger partial charge is 0.462 e. The smallest absolute Gasteiger partial charge is 0.306 e. The normalized spacial score (nSPS) is 12.0. The zero-order valence-electron chi connectivity index (χ0n) is 45.5. The Balaban J connectivity index is 4.23. The standard InChI is InChI=1S/C61H116O6/c1-4-7-10-13-16-19-22-25-27-28-29-30-31-32-33-34-37-39-42-45-48-51-54-60(63)66-57-58(56-65-59(62)53-50-47-44-41-38-35-24-21-18-15-12-9-6-3)67-61(64)55-52-49-46-43-40-36-26-23-20-17-14-11-8-5-2/h23,26,58H,4-22,24-25,27-57H2,1-3H3/b26-23-. The molecule has 0 saturated carbocycles. The highest BCUT2D eigenvalue weighted by molar-refractivity contribution is 5.71. The van der Waals surface area contributed by atoms with Crippen LogP contribution < -0.4 is 0 Å². The Morgan fingerprint density at radius 2 is 0.493 bits per heavy atom. The van der Waals surface area contributed by atoms with Gasteiger partial charge in [0.2, 0.25) is 0 Å². The first-order chi connectivity index (χ1) is 33.0. The molecule has 0 aliphatic rings. The number of rotatable bonds is 56. The lowest BCUT2D eigenvalue weighted by atomic mass is 10.0. The Hall–Kier alpha value is -1.85. The van der Waals surface area contributed by atoms with Crippen molar-refractivity contribution in [2.24, 2.45) is 0 Å². The number of hydrogen-bond acceptors (Lipinski definition) is 6. The predicted molar refractivity (Wildman–Crippen MR) is 289 cm³/mol. The molecule has 0 aliphatic carbocycles. The lowest BCUT2D eigenvalue weighted by Crippen LogP contribution is -2.30. The second-order valence-electron chi connectivity index (χ2n) is 20.6. The molecule has 0 aromatic carbocycles. The van der Waals surface area contributed by atoms with E-state index in [2.05, 4.69) is 32.9 Å². The van der Waals surface area contributed by atoms with Crippen LogP contribution in [-0.2, 0) is 28.6 Å². The van der Waals surface area contributed by atoms with Crippen molar-refractivity contribution in [3.8, 4) is 0 Å². The fraction of sp³-hybridized carbons (Fsp3) is 0.918. The molecule has 396 valence electrons. The lowest BCUT2D eigenvalue weighted by molar-refractivity contribution is -0.167. The van der Waals surface area contributed by atoms with Crippen molar-refractivity contribution in [3.05, 3.63) is 12.2 Å². The molecule has 0 amide bonds. The number of carbonyl (C=O) groups excluding carboxylic acids is 3. The number of hydrogen-bond donors (Lipinski definition) is 0. The summed E-state index contributed by atoms with van der Waals surface area (Å²) in [4.78, 5) is 38.1. The van der Waals surface area contributed by atoms with Gasteiger partial charge < -0.3 is 14.2 Å². The number of carbonyl (C=O) groups is 3. The van der Waals surface area contributed by atoms with Crippen LogP contribution in [0.4, 0.5) is 0 Å². The minimum atomic E-state index is -0.769. The average molecular weight is 946 g/mol. The van der Waals surface area contributed by atoms with Crippen molar-refractivity contribution in [1.29, 1.82) is 0 Å². The molecule has 0 rings (SSSR count). The van der Waals surface area contributed by atoms with Gasteiger partial charge in [-0.1, -0.05) is 290 Å². The van der Waals surface area contributed by atoms with E-state index in [-0.39, 0.29) is 31.1 Å². The Bertz CT molecular complexity index is 1040. The Kier molecular flexibility index (Phi) is 55.2. The molecule has 0 N–H and O–H groups in total. The summed E-state index contributed by atoms with van der Waals surface area (Å²) in [5, 5.41) is 0. The minimum Gasteiger partial charge on any atom is -0.462 e. The number of allylic oxidation sites excluding steroid dienone is 2. The van der Waals surface area contributed by atoms with Crippen molar-refractivity contribution in [2.75, 3.05) is 13.2 Å². The van der Waals surface area contributed by atoms with Gasteiger partial charge in [-0.15, -0.1) is 0 Å². The molecule has 0 aliphatic heterocycles. The molecule has 0 spiro atoms. The van der Waals surface area contributed by atoms with E-state index in [0.29, 0.717) is 19.3 Å². The molecule has 0 saturated heterocycles.